The number of fused-ring (bicyclic) bond motifs is 16. The standard InChI is InChI=1S/C61H37NO2/c1-6-22-50-44(14-1)45-15-2-7-23-51(45)61(50)52-24-8-3-17-48(52)59-53(61)25-13-26-54(59)62(40-34-30-38(31-35-40)42-19-12-29-57-58(42)49-18-5-10-28-56(49)63-57)41-36-32-39(33-37-41)43-20-11-21-47-46-16-4-9-27-55(46)64-60(43)47/h1-37H. The van der Waals surface area contributed by atoms with Crippen molar-refractivity contribution in [1.29, 1.82) is 0 Å². The van der Waals surface area contributed by atoms with Gasteiger partial charge in [0.15, 0.2) is 0 Å². The van der Waals surface area contributed by atoms with E-state index in [-0.39, 0.29) is 0 Å². The van der Waals surface area contributed by atoms with E-state index in [9.17, 15) is 0 Å². The highest BCUT2D eigenvalue weighted by molar-refractivity contribution is 6.13. The number of rotatable bonds is 5. The number of hydrogen-bond acceptors (Lipinski definition) is 3. The van der Waals surface area contributed by atoms with Crippen LogP contribution in [0, 0.1) is 0 Å². The Bertz CT molecular complexity index is 3800. The molecule has 3 nitrogen and oxygen atoms in total. The van der Waals surface area contributed by atoms with Crippen molar-refractivity contribution in [3.05, 3.63) is 247 Å². The molecule has 0 radical (unpaired) electrons. The Morgan fingerprint density at radius 1 is 0.312 bits per heavy atom. The van der Waals surface area contributed by atoms with Gasteiger partial charge in [-0.3, -0.25) is 0 Å². The zero-order chi connectivity index (χ0) is 41.9. The molecule has 10 aromatic carbocycles. The summed E-state index contributed by atoms with van der Waals surface area (Å²) in [4.78, 5) is 2.45. The Balaban J connectivity index is 0.980. The maximum absolute atomic E-state index is 6.51. The van der Waals surface area contributed by atoms with Crippen LogP contribution in [0.4, 0.5) is 17.1 Å². The van der Waals surface area contributed by atoms with Gasteiger partial charge in [-0.25, -0.2) is 0 Å². The molecule has 2 aliphatic carbocycles. The van der Waals surface area contributed by atoms with E-state index in [1.807, 2.05) is 24.3 Å². The van der Waals surface area contributed by atoms with E-state index >= 15 is 0 Å². The third-order valence-electron chi connectivity index (χ3n) is 13.9. The molecular weight excluding hydrogens is 779 g/mol. The third-order valence-corrected chi connectivity index (χ3v) is 13.9. The van der Waals surface area contributed by atoms with Crippen molar-refractivity contribution in [3.63, 3.8) is 0 Å². The summed E-state index contributed by atoms with van der Waals surface area (Å²) in [6.45, 7) is 0. The zero-order valence-corrected chi connectivity index (χ0v) is 34.6. The van der Waals surface area contributed by atoms with Gasteiger partial charge in [-0.1, -0.05) is 176 Å². The highest BCUT2D eigenvalue weighted by Gasteiger charge is 2.52. The molecule has 0 unspecified atom stereocenters. The van der Waals surface area contributed by atoms with Crippen molar-refractivity contribution in [3.8, 4) is 44.5 Å². The van der Waals surface area contributed by atoms with Crippen LogP contribution in [0.1, 0.15) is 22.3 Å². The van der Waals surface area contributed by atoms with Gasteiger partial charge >= 0.3 is 0 Å². The van der Waals surface area contributed by atoms with Crippen LogP contribution in [0.5, 0.6) is 0 Å². The van der Waals surface area contributed by atoms with E-state index in [1.54, 1.807) is 0 Å². The highest BCUT2D eigenvalue weighted by atomic mass is 16.3. The molecule has 0 amide bonds. The van der Waals surface area contributed by atoms with Gasteiger partial charge in [0.2, 0.25) is 0 Å². The second-order valence-electron chi connectivity index (χ2n) is 17.1. The first kappa shape index (κ1) is 35.2. The van der Waals surface area contributed by atoms with Crippen LogP contribution < -0.4 is 4.90 Å². The second kappa shape index (κ2) is 13.3. The molecular formula is C61H37NO2. The lowest BCUT2D eigenvalue weighted by atomic mass is 9.70. The molecule has 0 fully saturated rings. The maximum Gasteiger partial charge on any atom is 0.143 e. The van der Waals surface area contributed by atoms with Crippen LogP contribution in [-0.4, -0.2) is 0 Å². The minimum Gasteiger partial charge on any atom is -0.456 e. The molecule has 2 heterocycles. The van der Waals surface area contributed by atoms with Gasteiger partial charge in [0.1, 0.15) is 22.3 Å². The van der Waals surface area contributed by atoms with Gasteiger partial charge < -0.3 is 13.7 Å². The van der Waals surface area contributed by atoms with Crippen LogP contribution in [-0.2, 0) is 5.41 Å². The minimum atomic E-state index is -0.453. The lowest BCUT2D eigenvalue weighted by molar-refractivity contribution is 0.669. The summed E-state index contributed by atoms with van der Waals surface area (Å²) in [7, 11) is 0. The monoisotopic (exact) mass is 815 g/mol. The Morgan fingerprint density at radius 3 is 1.48 bits per heavy atom. The average molecular weight is 816 g/mol. The first-order valence-corrected chi connectivity index (χ1v) is 22.0. The number of anilines is 3. The molecule has 1 spiro atoms. The summed E-state index contributed by atoms with van der Waals surface area (Å²) in [6, 6.07) is 81.5. The van der Waals surface area contributed by atoms with Gasteiger partial charge in [-0.2, -0.15) is 0 Å². The Labute approximate surface area is 369 Å². The number of benzene rings is 10. The lowest BCUT2D eigenvalue weighted by Gasteiger charge is -2.32. The van der Waals surface area contributed by atoms with Crippen molar-refractivity contribution in [2.75, 3.05) is 4.90 Å². The summed E-state index contributed by atoms with van der Waals surface area (Å²) in [5, 5.41) is 4.52. The molecule has 0 bridgehead atoms. The van der Waals surface area contributed by atoms with E-state index in [2.05, 4.69) is 205 Å². The average Bonchev–Trinajstić information content (AvgIpc) is 4.10. The molecule has 64 heavy (non-hydrogen) atoms. The Hall–Kier alpha value is -8.40. The third kappa shape index (κ3) is 4.76. The van der Waals surface area contributed by atoms with Gasteiger partial charge in [0.05, 0.1) is 11.1 Å². The quantitative estimate of drug-likeness (QED) is 0.173. The highest BCUT2D eigenvalue weighted by Crippen LogP contribution is 2.64. The van der Waals surface area contributed by atoms with Gasteiger partial charge in [-0.05, 0) is 104 Å². The first-order valence-electron chi connectivity index (χ1n) is 22.0. The fraction of sp³-hybridized carbons (Fsp3) is 0.0164. The minimum absolute atomic E-state index is 0.453. The van der Waals surface area contributed by atoms with Crippen molar-refractivity contribution in [2.24, 2.45) is 0 Å². The molecule has 14 rings (SSSR count). The molecule has 2 aliphatic rings. The first-order chi connectivity index (χ1) is 31.8. The van der Waals surface area contributed by atoms with Crippen LogP contribution >= 0.6 is 0 Å². The van der Waals surface area contributed by atoms with Crippen molar-refractivity contribution >= 4 is 60.9 Å². The zero-order valence-electron chi connectivity index (χ0n) is 34.6. The normalized spacial score (nSPS) is 13.1. The summed E-state index contributed by atoms with van der Waals surface area (Å²) in [6.07, 6.45) is 0. The number of para-hydroxylation sites is 3. The Morgan fingerprint density at radius 2 is 0.781 bits per heavy atom. The molecule has 0 aliphatic heterocycles. The number of hydrogen-bond donors (Lipinski definition) is 0. The maximum atomic E-state index is 6.51. The second-order valence-corrected chi connectivity index (χ2v) is 17.1. The molecule has 12 aromatic rings. The van der Waals surface area contributed by atoms with Gasteiger partial charge in [0.25, 0.3) is 0 Å². The number of furan rings is 2. The van der Waals surface area contributed by atoms with Crippen LogP contribution in [0.25, 0.3) is 88.4 Å². The Kier molecular flexibility index (Phi) is 7.32. The largest absolute Gasteiger partial charge is 0.456 e. The fourth-order valence-electron chi connectivity index (χ4n) is 11.3. The summed E-state index contributed by atoms with van der Waals surface area (Å²) in [5.41, 5.74) is 21.3. The van der Waals surface area contributed by atoms with E-state index < -0.39 is 5.41 Å². The fourth-order valence-corrected chi connectivity index (χ4v) is 11.3. The summed E-state index contributed by atoms with van der Waals surface area (Å²) >= 11 is 0. The molecule has 0 saturated heterocycles. The van der Waals surface area contributed by atoms with Gasteiger partial charge in [0, 0.05) is 44.0 Å². The summed E-state index contributed by atoms with van der Waals surface area (Å²) in [5.74, 6) is 0. The van der Waals surface area contributed by atoms with Crippen LogP contribution in [0.15, 0.2) is 233 Å². The van der Waals surface area contributed by atoms with Crippen molar-refractivity contribution < 1.29 is 8.83 Å². The number of nitrogens with zero attached hydrogens (tertiary/aromatic N) is 1. The molecule has 2 aromatic heterocycles. The smallest absolute Gasteiger partial charge is 0.143 e. The SMILES string of the molecule is c1ccc2c(c1)-c1ccccc1C21c2ccccc2-c2c(N(c3ccc(-c4cccc5c4oc4ccccc45)cc3)c3ccc(-c4cccc5oc6ccccc6c45)cc3)cccc21. The van der Waals surface area contributed by atoms with Crippen LogP contribution in [0.3, 0.4) is 0 Å². The van der Waals surface area contributed by atoms with Crippen molar-refractivity contribution in [1.82, 2.24) is 0 Å². The summed E-state index contributed by atoms with van der Waals surface area (Å²) < 4.78 is 12.8. The topological polar surface area (TPSA) is 29.5 Å². The van der Waals surface area contributed by atoms with Crippen molar-refractivity contribution in [2.45, 2.75) is 5.41 Å². The molecule has 0 N–H and O–H groups in total. The molecule has 3 heteroatoms. The molecule has 0 saturated carbocycles. The molecule has 0 atom stereocenters. The van der Waals surface area contributed by atoms with E-state index in [1.165, 1.54) is 44.5 Å². The molecule has 298 valence electrons. The van der Waals surface area contributed by atoms with E-state index in [0.717, 1.165) is 83.2 Å². The van der Waals surface area contributed by atoms with E-state index in [4.69, 9.17) is 8.83 Å². The predicted molar refractivity (Wildman–Crippen MR) is 263 cm³/mol. The predicted octanol–water partition coefficient (Wildman–Crippen LogP) is 16.6. The van der Waals surface area contributed by atoms with Crippen LogP contribution in [0.2, 0.25) is 0 Å². The van der Waals surface area contributed by atoms with E-state index in [0.29, 0.717) is 0 Å². The van der Waals surface area contributed by atoms with Gasteiger partial charge in [-0.15, -0.1) is 0 Å². The lowest BCUT2D eigenvalue weighted by Crippen LogP contribution is -2.26.